The van der Waals surface area contributed by atoms with E-state index in [2.05, 4.69) is 86.6 Å². The molecule has 0 aliphatic heterocycles. The van der Waals surface area contributed by atoms with Gasteiger partial charge in [-0.3, -0.25) is 4.79 Å². The predicted octanol–water partition coefficient (Wildman–Crippen LogP) is 11.2. The number of aliphatic hydroxyl groups is 2. The highest BCUT2D eigenvalue weighted by molar-refractivity contribution is 5.88. The Bertz CT molecular complexity index is 1850. The van der Waals surface area contributed by atoms with Crippen LogP contribution >= 0.6 is 0 Å². The minimum Gasteiger partial charge on any atom is -0.508 e. The van der Waals surface area contributed by atoms with Crippen LogP contribution in [0.1, 0.15) is 152 Å². The van der Waals surface area contributed by atoms with Crippen LogP contribution in [0.5, 0.6) is 11.5 Å². The zero-order valence-corrected chi connectivity index (χ0v) is 37.3. The highest BCUT2D eigenvalue weighted by atomic mass is 16.6. The summed E-state index contributed by atoms with van der Waals surface area (Å²) in [5.41, 5.74) is 4.50. The second-order valence-electron chi connectivity index (χ2n) is 20.3. The first-order valence-corrected chi connectivity index (χ1v) is 22.1. The van der Waals surface area contributed by atoms with Gasteiger partial charge in [0.25, 0.3) is 0 Å². The Morgan fingerprint density at radius 3 is 2.36 bits per heavy atom. The van der Waals surface area contributed by atoms with Crippen molar-refractivity contribution in [3.05, 3.63) is 82.0 Å². The second-order valence-corrected chi connectivity index (χ2v) is 20.3. The Labute approximate surface area is 349 Å². The molecule has 2 saturated carbocycles. The zero-order chi connectivity index (χ0) is 42.8. The van der Waals surface area contributed by atoms with E-state index in [1.54, 1.807) is 6.08 Å². The third-order valence-electron chi connectivity index (χ3n) is 15.8. The van der Waals surface area contributed by atoms with Gasteiger partial charge in [0, 0.05) is 23.0 Å². The van der Waals surface area contributed by atoms with E-state index in [1.165, 1.54) is 47.4 Å². The van der Waals surface area contributed by atoms with Gasteiger partial charge in [0.1, 0.15) is 29.0 Å². The number of phenolic OH excluding ortho intramolecular Hbond substituents is 2. The summed E-state index contributed by atoms with van der Waals surface area (Å²) in [7, 11) is 0. The topological polar surface area (TPSA) is 124 Å². The number of hydrogen-bond acceptors (Lipinski definition) is 7. The Morgan fingerprint density at radius 1 is 0.966 bits per heavy atom. The molecule has 0 heterocycles. The highest BCUT2D eigenvalue weighted by Gasteiger charge is 2.63. The van der Waals surface area contributed by atoms with Crippen molar-refractivity contribution in [1.29, 1.82) is 0 Å². The van der Waals surface area contributed by atoms with Gasteiger partial charge in [0.15, 0.2) is 0 Å². The van der Waals surface area contributed by atoms with Gasteiger partial charge in [0.2, 0.25) is 0 Å². The zero-order valence-electron chi connectivity index (χ0n) is 37.3. The van der Waals surface area contributed by atoms with Gasteiger partial charge in [-0.25, -0.2) is 4.79 Å². The lowest BCUT2D eigenvalue weighted by Crippen LogP contribution is -2.53. The van der Waals surface area contributed by atoms with Crippen LogP contribution in [-0.4, -0.2) is 50.5 Å². The maximum absolute atomic E-state index is 14.1. The van der Waals surface area contributed by atoms with E-state index < -0.39 is 24.3 Å². The number of allylic oxidation sites excluding steroid dienone is 9. The lowest BCUT2D eigenvalue weighted by molar-refractivity contribution is -0.165. The van der Waals surface area contributed by atoms with E-state index in [0.29, 0.717) is 54.4 Å². The molecule has 4 N–H and O–H groups in total. The average Bonchev–Trinajstić information content (AvgIpc) is 3.44. The number of carbonyl (C=O) groups is 2. The first-order valence-electron chi connectivity index (χ1n) is 22.1. The van der Waals surface area contributed by atoms with E-state index in [1.807, 2.05) is 0 Å². The number of rotatable bonds is 16. The van der Waals surface area contributed by atoms with Crippen LogP contribution in [0.15, 0.2) is 76.4 Å². The number of benzene rings is 1. The summed E-state index contributed by atoms with van der Waals surface area (Å²) in [5, 5.41) is 42.3. The highest BCUT2D eigenvalue weighted by Crippen LogP contribution is 2.71. The maximum atomic E-state index is 14.1. The first kappa shape index (κ1) is 45.7. The number of carbonyl (C=O) groups excluding carboxylic acids is 2. The summed E-state index contributed by atoms with van der Waals surface area (Å²) >= 11 is 0. The summed E-state index contributed by atoms with van der Waals surface area (Å²) in [6.07, 6.45) is 20.1. The number of ether oxygens (including phenoxy) is 1. The molecule has 0 amide bonds. The molecule has 0 aromatic heterocycles. The molecule has 7 heteroatoms. The van der Waals surface area contributed by atoms with E-state index >= 15 is 0 Å². The Morgan fingerprint density at radius 2 is 1.67 bits per heavy atom. The van der Waals surface area contributed by atoms with Gasteiger partial charge in [-0.2, -0.15) is 0 Å². The van der Waals surface area contributed by atoms with Crippen molar-refractivity contribution < 1.29 is 34.8 Å². The van der Waals surface area contributed by atoms with Crippen molar-refractivity contribution in [3.8, 4) is 11.5 Å². The molecule has 8 atom stereocenters. The number of ketones is 1. The SMILES string of the molecule is CC(C)=CCC/C(C)=C/CC/C(=C/Cc1cc(O)ccc1O)C(=O)O[C@@H](CC[C@@H](C)[C@H]1CC[C@@]2(C)C3=CC[C@H]4C(C)(C)C(=O)CC[C@]4(C)C3=CC[C@]12C)[C@](C)(O)CO. The Kier molecular flexibility index (Phi) is 13.9. The molecule has 0 spiro atoms. The fourth-order valence-corrected chi connectivity index (χ4v) is 11.6. The van der Waals surface area contributed by atoms with E-state index in [4.69, 9.17) is 4.74 Å². The second kappa shape index (κ2) is 17.7. The minimum atomic E-state index is -1.64. The smallest absolute Gasteiger partial charge is 0.334 e. The standard InChI is InChI=1S/C51H74O7/c1-33(2)13-11-14-34(3)15-12-16-36(18-19-37-31-38(53)20-22-42(37)54)46(56)58-45(51(10,57)32-52)24-17-35(4)39-25-29-50(9)41-21-23-43-47(5,6)44(55)27-28-48(43,7)40(41)26-30-49(39,50)8/h13,15,18,20-22,26,31,35,39,43,45,52-54,57H,11-12,14,16-17,19,23-25,27-30,32H2,1-10H3/b34-15+,36-18-/t35-,39-,43+,45+,48-,49-,50+,51-/m1/s1. The van der Waals surface area contributed by atoms with Gasteiger partial charge in [0.05, 0.1) is 6.61 Å². The fourth-order valence-electron chi connectivity index (χ4n) is 11.6. The van der Waals surface area contributed by atoms with Crippen LogP contribution in [0, 0.1) is 39.4 Å². The quantitative estimate of drug-likeness (QED) is 0.0568. The molecule has 1 aromatic rings. The summed E-state index contributed by atoms with van der Waals surface area (Å²) in [5.74, 6) is 0.910. The summed E-state index contributed by atoms with van der Waals surface area (Å²) in [6, 6.07) is 4.34. The number of fused-ring (bicyclic) bond motifs is 5. The van der Waals surface area contributed by atoms with Crippen LogP contribution in [0.25, 0.3) is 0 Å². The fraction of sp³-hybridized carbons (Fsp3) is 0.647. The molecule has 320 valence electrons. The first-order chi connectivity index (χ1) is 27.1. The molecule has 58 heavy (non-hydrogen) atoms. The van der Waals surface area contributed by atoms with Crippen molar-refractivity contribution in [2.24, 2.45) is 39.4 Å². The van der Waals surface area contributed by atoms with E-state index in [0.717, 1.165) is 51.4 Å². The molecule has 1 aromatic carbocycles. The van der Waals surface area contributed by atoms with Crippen LogP contribution < -0.4 is 0 Å². The molecular weight excluding hydrogens is 725 g/mol. The average molecular weight is 799 g/mol. The van der Waals surface area contributed by atoms with Crippen LogP contribution in [0.4, 0.5) is 0 Å². The van der Waals surface area contributed by atoms with E-state index in [-0.39, 0.29) is 45.5 Å². The van der Waals surface area contributed by atoms with Crippen molar-refractivity contribution in [2.75, 3.05) is 6.61 Å². The van der Waals surface area contributed by atoms with Crippen LogP contribution in [0.2, 0.25) is 0 Å². The molecule has 4 aliphatic carbocycles. The summed E-state index contributed by atoms with van der Waals surface area (Å²) in [4.78, 5) is 27.1. The summed E-state index contributed by atoms with van der Waals surface area (Å²) < 4.78 is 6.18. The van der Waals surface area contributed by atoms with E-state index in [9.17, 15) is 30.0 Å². The maximum Gasteiger partial charge on any atom is 0.334 e. The normalized spacial score (nSPS) is 30.2. The number of esters is 1. The van der Waals surface area contributed by atoms with Crippen molar-refractivity contribution in [3.63, 3.8) is 0 Å². The monoisotopic (exact) mass is 799 g/mol. The number of aliphatic hydroxyl groups excluding tert-OH is 1. The number of Topliss-reactive ketones (excluding diaryl/α,β-unsaturated/α-hetero) is 1. The lowest BCUT2D eigenvalue weighted by atomic mass is 9.44. The number of phenols is 2. The molecule has 0 radical (unpaired) electrons. The molecular formula is C51H74O7. The van der Waals surface area contributed by atoms with Gasteiger partial charge in [-0.05, 0) is 168 Å². The third kappa shape index (κ3) is 9.01. The Hall–Kier alpha value is -3.42. The van der Waals surface area contributed by atoms with Crippen molar-refractivity contribution in [1.82, 2.24) is 0 Å². The van der Waals surface area contributed by atoms with Crippen LogP contribution in [0.3, 0.4) is 0 Å². The molecule has 4 aliphatic rings. The van der Waals surface area contributed by atoms with Gasteiger partial charge in [-0.15, -0.1) is 0 Å². The van der Waals surface area contributed by atoms with Gasteiger partial charge < -0.3 is 25.2 Å². The largest absolute Gasteiger partial charge is 0.508 e. The molecule has 0 unspecified atom stereocenters. The van der Waals surface area contributed by atoms with Gasteiger partial charge in [-0.1, -0.05) is 83.1 Å². The minimum absolute atomic E-state index is 0.000385. The molecule has 0 saturated heterocycles. The lowest BCUT2D eigenvalue weighted by Gasteiger charge is -2.59. The number of aromatic hydroxyl groups is 2. The number of hydrogen-bond donors (Lipinski definition) is 4. The molecule has 2 fully saturated rings. The summed E-state index contributed by atoms with van der Waals surface area (Å²) in [6.45, 7) is 21.2. The Balaban J connectivity index is 1.32. The van der Waals surface area contributed by atoms with Crippen LogP contribution in [-0.2, 0) is 20.7 Å². The predicted molar refractivity (Wildman–Crippen MR) is 233 cm³/mol. The third-order valence-corrected chi connectivity index (χ3v) is 15.8. The molecule has 5 rings (SSSR count). The molecule has 7 nitrogen and oxygen atoms in total. The van der Waals surface area contributed by atoms with Gasteiger partial charge >= 0.3 is 5.97 Å². The van der Waals surface area contributed by atoms with Crippen molar-refractivity contribution in [2.45, 2.75) is 164 Å². The van der Waals surface area contributed by atoms with Crippen molar-refractivity contribution >= 4 is 11.8 Å². The molecule has 0 bridgehead atoms.